The largest absolute Gasteiger partial charge is 0.478 e. The van der Waals surface area contributed by atoms with E-state index in [1.54, 1.807) is 0 Å². The van der Waals surface area contributed by atoms with Crippen LogP contribution in [0.1, 0.15) is 31.1 Å². The van der Waals surface area contributed by atoms with Crippen molar-refractivity contribution < 1.29 is 34.8 Å². The van der Waals surface area contributed by atoms with E-state index in [9.17, 15) is 14.4 Å². The maximum Gasteiger partial charge on any atom is 0.336 e. The molecule has 0 bridgehead atoms. The Morgan fingerprint density at radius 1 is 0.824 bits per heavy atom. The highest BCUT2D eigenvalue weighted by atomic mass is 16.4. The molecule has 0 radical (unpaired) electrons. The number of aliphatic hydroxyl groups is 1. The molecule has 0 saturated carbocycles. The van der Waals surface area contributed by atoms with E-state index in [2.05, 4.69) is 0 Å². The van der Waals surface area contributed by atoms with E-state index in [1.165, 1.54) is 0 Å². The molecular formula is C10H10O7. The van der Waals surface area contributed by atoms with E-state index in [0.717, 1.165) is 25.3 Å². The molecule has 92 valence electrons. The molecule has 0 amide bonds. The van der Waals surface area contributed by atoms with Crippen molar-refractivity contribution in [1.29, 1.82) is 0 Å². The van der Waals surface area contributed by atoms with Gasteiger partial charge in [0.25, 0.3) is 0 Å². The molecule has 0 spiro atoms. The molecule has 17 heavy (non-hydrogen) atoms. The smallest absolute Gasteiger partial charge is 0.336 e. The van der Waals surface area contributed by atoms with Gasteiger partial charge in [0.05, 0.1) is 16.7 Å². The van der Waals surface area contributed by atoms with E-state index < -0.39 is 29.0 Å². The molecule has 7 heteroatoms. The lowest BCUT2D eigenvalue weighted by molar-refractivity contribution is 0.0649. The lowest BCUT2D eigenvalue weighted by Crippen LogP contribution is -2.10. The number of carbonyl (C=O) groups is 3. The molecule has 0 aliphatic carbocycles. The van der Waals surface area contributed by atoms with Crippen LogP contribution in [0, 0.1) is 0 Å². The number of rotatable bonds is 3. The minimum Gasteiger partial charge on any atom is -0.478 e. The molecule has 1 aromatic carbocycles. The van der Waals surface area contributed by atoms with Crippen molar-refractivity contribution in [2.45, 2.75) is 0 Å². The lowest BCUT2D eigenvalue weighted by Gasteiger charge is -2.02. The van der Waals surface area contributed by atoms with Gasteiger partial charge in [0.1, 0.15) is 0 Å². The number of carboxylic acid groups (broad SMARTS) is 3. The fourth-order valence-electron chi connectivity index (χ4n) is 1.04. The highest BCUT2D eigenvalue weighted by Gasteiger charge is 2.17. The summed E-state index contributed by atoms with van der Waals surface area (Å²) in [5, 5.41) is 32.9. The number of benzene rings is 1. The maximum absolute atomic E-state index is 10.6. The fraction of sp³-hybridized carbons (Fsp3) is 0.100. The molecule has 0 atom stereocenters. The molecule has 0 aliphatic heterocycles. The van der Waals surface area contributed by atoms with Gasteiger partial charge in [0, 0.05) is 7.11 Å². The average Bonchev–Trinajstić information content (AvgIpc) is 2.30. The molecule has 0 heterocycles. The highest BCUT2D eigenvalue weighted by molar-refractivity contribution is 6.03. The Bertz CT molecular complexity index is 450. The number of aromatic carboxylic acids is 3. The first-order chi connectivity index (χ1) is 7.93. The zero-order valence-corrected chi connectivity index (χ0v) is 8.75. The van der Waals surface area contributed by atoms with Gasteiger partial charge in [-0.1, -0.05) is 0 Å². The molecule has 0 aliphatic rings. The van der Waals surface area contributed by atoms with Crippen LogP contribution in [0.15, 0.2) is 18.2 Å². The second kappa shape index (κ2) is 6.23. The summed E-state index contributed by atoms with van der Waals surface area (Å²) in [5.74, 6) is -4.20. The van der Waals surface area contributed by atoms with Crippen molar-refractivity contribution in [1.82, 2.24) is 0 Å². The summed E-state index contributed by atoms with van der Waals surface area (Å²) < 4.78 is 0. The van der Waals surface area contributed by atoms with Gasteiger partial charge in [-0.25, -0.2) is 14.4 Å². The third kappa shape index (κ3) is 3.58. The van der Waals surface area contributed by atoms with Crippen LogP contribution in [-0.2, 0) is 0 Å². The van der Waals surface area contributed by atoms with Crippen LogP contribution in [0.5, 0.6) is 0 Å². The topological polar surface area (TPSA) is 132 Å². The lowest BCUT2D eigenvalue weighted by atomic mass is 10.0. The van der Waals surface area contributed by atoms with Crippen molar-refractivity contribution >= 4 is 17.9 Å². The zero-order chi connectivity index (χ0) is 13.6. The maximum atomic E-state index is 10.6. The molecule has 1 rings (SSSR count). The second-order valence-corrected chi connectivity index (χ2v) is 2.68. The minimum atomic E-state index is -1.48. The van der Waals surface area contributed by atoms with E-state index >= 15 is 0 Å². The number of hydrogen-bond donors (Lipinski definition) is 4. The Balaban J connectivity index is 0.00000121. The Morgan fingerprint density at radius 2 is 1.29 bits per heavy atom. The first-order valence-corrected chi connectivity index (χ1v) is 4.22. The molecule has 0 aromatic heterocycles. The minimum absolute atomic E-state index is 0.266. The van der Waals surface area contributed by atoms with Gasteiger partial charge in [-0.05, 0) is 18.2 Å². The summed E-state index contributed by atoms with van der Waals surface area (Å²) in [7, 11) is 1.00. The van der Waals surface area contributed by atoms with Gasteiger partial charge >= 0.3 is 17.9 Å². The van der Waals surface area contributed by atoms with Crippen molar-refractivity contribution in [2.24, 2.45) is 0 Å². The molecule has 1 aromatic rings. The Kier molecular flexibility index (Phi) is 5.35. The van der Waals surface area contributed by atoms with Gasteiger partial charge in [-0.15, -0.1) is 0 Å². The van der Waals surface area contributed by atoms with Crippen LogP contribution < -0.4 is 0 Å². The first-order valence-electron chi connectivity index (χ1n) is 4.22. The van der Waals surface area contributed by atoms with Crippen molar-refractivity contribution in [3.8, 4) is 0 Å². The summed E-state index contributed by atoms with van der Waals surface area (Å²) in [5.41, 5.74) is -1.24. The average molecular weight is 242 g/mol. The fourth-order valence-corrected chi connectivity index (χ4v) is 1.04. The summed E-state index contributed by atoms with van der Waals surface area (Å²) in [6.07, 6.45) is 0. The summed E-state index contributed by atoms with van der Waals surface area (Å²) in [6.45, 7) is 0. The number of hydrogen-bond acceptors (Lipinski definition) is 4. The predicted octanol–water partition coefficient (Wildman–Crippen LogP) is 0.390. The third-order valence-electron chi connectivity index (χ3n) is 1.73. The highest BCUT2D eigenvalue weighted by Crippen LogP contribution is 2.12. The van der Waals surface area contributed by atoms with E-state index in [4.69, 9.17) is 20.4 Å². The van der Waals surface area contributed by atoms with Crippen LogP contribution >= 0.6 is 0 Å². The number of carboxylic acids is 3. The van der Waals surface area contributed by atoms with E-state index in [1.807, 2.05) is 0 Å². The third-order valence-corrected chi connectivity index (χ3v) is 1.73. The molecule has 4 N–H and O–H groups in total. The van der Waals surface area contributed by atoms with Gasteiger partial charge in [0.2, 0.25) is 0 Å². The van der Waals surface area contributed by atoms with Gasteiger partial charge < -0.3 is 20.4 Å². The zero-order valence-electron chi connectivity index (χ0n) is 8.75. The Morgan fingerprint density at radius 3 is 1.65 bits per heavy atom. The normalized spacial score (nSPS) is 8.82. The quantitative estimate of drug-likeness (QED) is 0.602. The molecule has 7 nitrogen and oxygen atoms in total. The van der Waals surface area contributed by atoms with Gasteiger partial charge in [-0.3, -0.25) is 0 Å². The van der Waals surface area contributed by atoms with Crippen molar-refractivity contribution in [3.63, 3.8) is 0 Å². The first kappa shape index (κ1) is 14.6. The summed E-state index contributed by atoms with van der Waals surface area (Å²) in [6, 6.07) is 2.81. The van der Waals surface area contributed by atoms with Crippen LogP contribution in [0.25, 0.3) is 0 Å². The molecule has 0 fully saturated rings. The van der Waals surface area contributed by atoms with Gasteiger partial charge in [0.15, 0.2) is 0 Å². The van der Waals surface area contributed by atoms with E-state index in [0.29, 0.717) is 0 Å². The monoisotopic (exact) mass is 242 g/mol. The molecule has 0 saturated heterocycles. The van der Waals surface area contributed by atoms with Crippen LogP contribution in [0.3, 0.4) is 0 Å². The predicted molar refractivity (Wildman–Crippen MR) is 55.5 cm³/mol. The number of aliphatic hydroxyl groups excluding tert-OH is 1. The Hall–Kier alpha value is -2.41. The van der Waals surface area contributed by atoms with Gasteiger partial charge in [-0.2, -0.15) is 0 Å². The van der Waals surface area contributed by atoms with Crippen LogP contribution in [-0.4, -0.2) is 45.4 Å². The standard InChI is InChI=1S/C9H6O6.CH4O/c10-7(11)4-1-2-5(8(12)13)6(3-4)9(14)15;1-2/h1-3H,(H,10,11)(H,12,13)(H,14,15);2H,1H3. The van der Waals surface area contributed by atoms with Crippen LogP contribution in [0.2, 0.25) is 0 Å². The molecule has 0 unspecified atom stereocenters. The van der Waals surface area contributed by atoms with Crippen LogP contribution in [0.4, 0.5) is 0 Å². The SMILES string of the molecule is CO.O=C(O)c1ccc(C(=O)O)c(C(=O)O)c1. The Labute approximate surface area is 95.6 Å². The summed E-state index contributed by atoms with van der Waals surface area (Å²) in [4.78, 5) is 31.8. The summed E-state index contributed by atoms with van der Waals surface area (Å²) >= 11 is 0. The van der Waals surface area contributed by atoms with Crippen molar-refractivity contribution in [3.05, 3.63) is 34.9 Å². The second-order valence-electron chi connectivity index (χ2n) is 2.68. The van der Waals surface area contributed by atoms with E-state index in [-0.39, 0.29) is 5.56 Å². The molecular weight excluding hydrogens is 232 g/mol. The van der Waals surface area contributed by atoms with Crippen molar-refractivity contribution in [2.75, 3.05) is 7.11 Å².